The minimum atomic E-state index is -0.322. The van der Waals surface area contributed by atoms with Gasteiger partial charge < -0.3 is 0 Å². The molecule has 0 bridgehead atoms. The third-order valence-corrected chi connectivity index (χ3v) is 3.60. The molecule has 3 aromatic rings. The second-order valence-electron chi connectivity index (χ2n) is 4.25. The van der Waals surface area contributed by atoms with Crippen molar-refractivity contribution in [3.63, 3.8) is 0 Å². The van der Waals surface area contributed by atoms with E-state index in [-0.39, 0.29) is 5.91 Å². The average molecular weight is 296 g/mol. The Labute approximate surface area is 125 Å². The van der Waals surface area contributed by atoms with Crippen LogP contribution in [0.4, 0.5) is 0 Å². The van der Waals surface area contributed by atoms with Crippen LogP contribution in [0.1, 0.15) is 15.4 Å². The molecule has 2 aromatic heterocycles. The standard InChI is InChI=1S/C15H12N4OS/c20-15(19-16-10-12-7-4-8-21-12)14-9-13(17-18-14)11-5-2-1-3-6-11/h1-10H,(H,17,18)(H,19,20)/b16-10+. The summed E-state index contributed by atoms with van der Waals surface area (Å²) in [6, 6.07) is 15.2. The van der Waals surface area contributed by atoms with Crippen LogP contribution in [0, 0.1) is 0 Å². The topological polar surface area (TPSA) is 70.1 Å². The minimum Gasteiger partial charge on any atom is -0.272 e. The molecule has 0 spiro atoms. The van der Waals surface area contributed by atoms with Gasteiger partial charge in [-0.2, -0.15) is 10.2 Å². The summed E-state index contributed by atoms with van der Waals surface area (Å²) < 4.78 is 0. The van der Waals surface area contributed by atoms with Crippen LogP contribution in [0.5, 0.6) is 0 Å². The molecule has 0 aliphatic heterocycles. The number of hydrogen-bond donors (Lipinski definition) is 2. The largest absolute Gasteiger partial charge is 0.289 e. The Bertz CT molecular complexity index is 747. The Kier molecular flexibility index (Phi) is 3.88. The molecule has 0 aliphatic carbocycles. The Balaban J connectivity index is 1.67. The zero-order valence-corrected chi connectivity index (χ0v) is 11.8. The lowest BCUT2D eigenvalue weighted by molar-refractivity contribution is 0.0950. The molecule has 0 radical (unpaired) electrons. The van der Waals surface area contributed by atoms with Crippen molar-refractivity contribution >= 4 is 23.5 Å². The maximum absolute atomic E-state index is 11.9. The first-order valence-corrected chi connectivity index (χ1v) is 7.18. The summed E-state index contributed by atoms with van der Waals surface area (Å²) in [6.45, 7) is 0. The molecule has 5 nitrogen and oxygen atoms in total. The van der Waals surface area contributed by atoms with E-state index in [9.17, 15) is 4.79 Å². The molecular weight excluding hydrogens is 284 g/mol. The van der Waals surface area contributed by atoms with E-state index in [1.165, 1.54) is 0 Å². The molecule has 0 atom stereocenters. The number of hydrazone groups is 1. The van der Waals surface area contributed by atoms with Gasteiger partial charge in [0.25, 0.3) is 5.91 Å². The molecule has 3 rings (SSSR count). The van der Waals surface area contributed by atoms with Crippen LogP contribution in [0.15, 0.2) is 59.0 Å². The van der Waals surface area contributed by atoms with Gasteiger partial charge in [0.2, 0.25) is 0 Å². The molecule has 0 unspecified atom stereocenters. The zero-order chi connectivity index (χ0) is 14.5. The number of carbonyl (C=O) groups excluding carboxylic acids is 1. The van der Waals surface area contributed by atoms with Crippen molar-refractivity contribution in [2.75, 3.05) is 0 Å². The molecule has 0 aliphatic rings. The molecule has 2 heterocycles. The van der Waals surface area contributed by atoms with Crippen LogP contribution in [0.3, 0.4) is 0 Å². The van der Waals surface area contributed by atoms with Gasteiger partial charge in [0, 0.05) is 10.4 Å². The van der Waals surface area contributed by atoms with Crippen molar-refractivity contribution in [1.29, 1.82) is 0 Å². The first-order chi connectivity index (χ1) is 10.3. The first-order valence-electron chi connectivity index (χ1n) is 6.31. The highest BCUT2D eigenvalue weighted by Crippen LogP contribution is 2.16. The van der Waals surface area contributed by atoms with Gasteiger partial charge in [-0.3, -0.25) is 9.89 Å². The van der Waals surface area contributed by atoms with Crippen molar-refractivity contribution in [1.82, 2.24) is 15.6 Å². The molecule has 21 heavy (non-hydrogen) atoms. The van der Waals surface area contributed by atoms with E-state index >= 15 is 0 Å². The van der Waals surface area contributed by atoms with Gasteiger partial charge in [-0.1, -0.05) is 36.4 Å². The summed E-state index contributed by atoms with van der Waals surface area (Å²) in [5.41, 5.74) is 4.52. The second-order valence-corrected chi connectivity index (χ2v) is 5.23. The van der Waals surface area contributed by atoms with Crippen molar-refractivity contribution in [2.24, 2.45) is 5.10 Å². The lowest BCUT2D eigenvalue weighted by atomic mass is 10.1. The fraction of sp³-hybridized carbons (Fsp3) is 0. The summed E-state index contributed by atoms with van der Waals surface area (Å²) in [7, 11) is 0. The van der Waals surface area contributed by atoms with Gasteiger partial charge in [-0.05, 0) is 17.5 Å². The number of H-pyrrole nitrogens is 1. The lowest BCUT2D eigenvalue weighted by Gasteiger charge is -1.94. The Hall–Kier alpha value is -2.73. The molecule has 1 amide bonds. The van der Waals surface area contributed by atoms with E-state index in [0.29, 0.717) is 5.69 Å². The minimum absolute atomic E-state index is 0.322. The van der Waals surface area contributed by atoms with Gasteiger partial charge >= 0.3 is 0 Å². The summed E-state index contributed by atoms with van der Waals surface area (Å²) in [5, 5.41) is 12.7. The van der Waals surface area contributed by atoms with Crippen LogP contribution in [-0.4, -0.2) is 22.3 Å². The Morgan fingerprint density at radius 3 is 2.86 bits per heavy atom. The molecule has 2 N–H and O–H groups in total. The molecular formula is C15H12N4OS. The summed E-state index contributed by atoms with van der Waals surface area (Å²) in [4.78, 5) is 12.9. The predicted molar refractivity (Wildman–Crippen MR) is 83.4 cm³/mol. The van der Waals surface area contributed by atoms with Crippen molar-refractivity contribution < 1.29 is 4.79 Å². The van der Waals surface area contributed by atoms with Crippen LogP contribution in [0.2, 0.25) is 0 Å². The number of thiophene rings is 1. The van der Waals surface area contributed by atoms with Gasteiger partial charge in [-0.25, -0.2) is 5.43 Å². The van der Waals surface area contributed by atoms with E-state index in [1.807, 2.05) is 47.8 Å². The van der Waals surface area contributed by atoms with E-state index in [2.05, 4.69) is 20.7 Å². The average Bonchev–Trinajstić information content (AvgIpc) is 3.20. The number of nitrogens with zero attached hydrogens (tertiary/aromatic N) is 2. The van der Waals surface area contributed by atoms with Gasteiger partial charge in [-0.15, -0.1) is 11.3 Å². The van der Waals surface area contributed by atoms with E-state index in [1.54, 1.807) is 23.6 Å². The first kappa shape index (κ1) is 13.3. The highest BCUT2D eigenvalue weighted by Gasteiger charge is 2.09. The van der Waals surface area contributed by atoms with Crippen LogP contribution in [-0.2, 0) is 0 Å². The van der Waals surface area contributed by atoms with Gasteiger partial charge in [0.15, 0.2) is 0 Å². The highest BCUT2D eigenvalue weighted by atomic mass is 32.1. The Morgan fingerprint density at radius 2 is 2.10 bits per heavy atom. The monoisotopic (exact) mass is 296 g/mol. The van der Waals surface area contributed by atoms with Gasteiger partial charge in [0.1, 0.15) is 5.69 Å². The van der Waals surface area contributed by atoms with E-state index in [0.717, 1.165) is 16.1 Å². The van der Waals surface area contributed by atoms with E-state index < -0.39 is 0 Å². The predicted octanol–water partition coefficient (Wildman–Crippen LogP) is 2.90. The lowest BCUT2D eigenvalue weighted by Crippen LogP contribution is -2.17. The summed E-state index contributed by atoms with van der Waals surface area (Å²) in [5.74, 6) is -0.322. The number of rotatable bonds is 4. The Morgan fingerprint density at radius 1 is 1.24 bits per heavy atom. The van der Waals surface area contributed by atoms with Crippen LogP contribution in [0.25, 0.3) is 11.3 Å². The van der Waals surface area contributed by atoms with Crippen molar-refractivity contribution in [2.45, 2.75) is 0 Å². The maximum atomic E-state index is 11.9. The molecule has 1 aromatic carbocycles. The smallest absolute Gasteiger partial charge is 0.272 e. The third-order valence-electron chi connectivity index (χ3n) is 2.79. The summed E-state index contributed by atoms with van der Waals surface area (Å²) in [6.07, 6.45) is 1.61. The molecule has 0 saturated heterocycles. The normalized spacial score (nSPS) is 10.9. The molecule has 0 saturated carbocycles. The fourth-order valence-electron chi connectivity index (χ4n) is 1.77. The van der Waals surface area contributed by atoms with Crippen LogP contribution < -0.4 is 5.43 Å². The number of aromatic amines is 1. The van der Waals surface area contributed by atoms with Crippen molar-refractivity contribution in [3.05, 3.63) is 64.5 Å². The molecule has 6 heteroatoms. The molecule has 0 fully saturated rings. The number of carbonyl (C=O) groups is 1. The quantitative estimate of drug-likeness (QED) is 0.574. The van der Waals surface area contributed by atoms with Crippen LogP contribution >= 0.6 is 11.3 Å². The number of amides is 1. The fourth-order valence-corrected chi connectivity index (χ4v) is 2.36. The number of benzene rings is 1. The SMILES string of the molecule is O=C(N/N=C/c1cccs1)c1cc(-c2ccccc2)n[nH]1. The van der Waals surface area contributed by atoms with Gasteiger partial charge in [0.05, 0.1) is 11.9 Å². The highest BCUT2D eigenvalue weighted by molar-refractivity contribution is 7.11. The molecule has 104 valence electrons. The van der Waals surface area contributed by atoms with E-state index in [4.69, 9.17) is 0 Å². The number of nitrogens with one attached hydrogen (secondary N) is 2. The number of aromatic nitrogens is 2. The maximum Gasteiger partial charge on any atom is 0.289 e. The zero-order valence-electron chi connectivity index (χ0n) is 11.0. The number of hydrogen-bond acceptors (Lipinski definition) is 4. The van der Waals surface area contributed by atoms with Crippen molar-refractivity contribution in [3.8, 4) is 11.3 Å². The second kappa shape index (κ2) is 6.15. The third kappa shape index (κ3) is 3.24. The summed E-state index contributed by atoms with van der Waals surface area (Å²) >= 11 is 1.55.